The Balaban J connectivity index is 1.49. The number of nitrogens with one attached hydrogen (secondary N) is 2. The van der Waals surface area contributed by atoms with Gasteiger partial charge in [0.2, 0.25) is 0 Å². The molecule has 0 bridgehead atoms. The lowest BCUT2D eigenvalue weighted by molar-refractivity contribution is -0.115. The third-order valence-electron chi connectivity index (χ3n) is 4.44. The van der Waals surface area contributed by atoms with Crippen LogP contribution in [0.25, 0.3) is 6.08 Å². The number of halogens is 2. The van der Waals surface area contributed by atoms with E-state index in [0.717, 1.165) is 27.9 Å². The molecule has 1 aromatic carbocycles. The van der Waals surface area contributed by atoms with Gasteiger partial charge in [0.25, 0.3) is 5.91 Å². The summed E-state index contributed by atoms with van der Waals surface area (Å²) in [5, 5.41) is 8.11. The van der Waals surface area contributed by atoms with E-state index in [1.54, 1.807) is 11.3 Å². The maximum Gasteiger partial charge on any atom is 0.252 e. The second kappa shape index (κ2) is 6.88. The van der Waals surface area contributed by atoms with E-state index in [1.807, 2.05) is 35.7 Å². The van der Waals surface area contributed by atoms with Gasteiger partial charge in [-0.05, 0) is 53.8 Å². The van der Waals surface area contributed by atoms with Crippen LogP contribution in [0.15, 0.2) is 64.8 Å². The van der Waals surface area contributed by atoms with Gasteiger partial charge in [-0.25, -0.2) is 8.78 Å². The lowest BCUT2D eigenvalue weighted by atomic mass is 9.90. The monoisotopic (exact) mass is 370 g/mol. The van der Waals surface area contributed by atoms with Crippen molar-refractivity contribution in [3.8, 4) is 0 Å². The van der Waals surface area contributed by atoms with Crippen LogP contribution >= 0.6 is 11.3 Å². The van der Waals surface area contributed by atoms with Crippen molar-refractivity contribution in [1.82, 2.24) is 10.6 Å². The predicted molar refractivity (Wildman–Crippen MR) is 97.9 cm³/mol. The first-order valence-electron chi connectivity index (χ1n) is 8.24. The summed E-state index contributed by atoms with van der Waals surface area (Å²) < 4.78 is 26.6. The molecule has 1 aliphatic heterocycles. The van der Waals surface area contributed by atoms with Crippen molar-refractivity contribution in [3.05, 3.63) is 86.9 Å². The summed E-state index contributed by atoms with van der Waals surface area (Å²) in [6.45, 7) is 0.321. The smallest absolute Gasteiger partial charge is 0.252 e. The molecule has 4 rings (SSSR count). The molecule has 2 N–H and O–H groups in total. The van der Waals surface area contributed by atoms with E-state index in [-0.39, 0.29) is 11.8 Å². The van der Waals surface area contributed by atoms with Gasteiger partial charge in [-0.15, -0.1) is 11.3 Å². The van der Waals surface area contributed by atoms with Crippen LogP contribution in [0.3, 0.4) is 0 Å². The minimum Gasteiger partial charge on any atom is -0.384 e. The second-order valence-corrected chi connectivity index (χ2v) is 7.25. The molecule has 132 valence electrons. The van der Waals surface area contributed by atoms with Gasteiger partial charge in [0, 0.05) is 40.4 Å². The van der Waals surface area contributed by atoms with Crippen LogP contribution in [-0.4, -0.2) is 5.91 Å². The zero-order valence-electron chi connectivity index (χ0n) is 13.8. The highest BCUT2D eigenvalue weighted by Gasteiger charge is 2.34. The molecule has 2 heterocycles. The molecule has 26 heavy (non-hydrogen) atoms. The minimum atomic E-state index is -0.589. The van der Waals surface area contributed by atoms with Crippen LogP contribution in [0, 0.1) is 17.6 Å². The Bertz CT molecular complexity index is 924. The van der Waals surface area contributed by atoms with Crippen molar-refractivity contribution < 1.29 is 13.6 Å². The number of hydrogen-bond donors (Lipinski definition) is 2. The topological polar surface area (TPSA) is 41.1 Å². The summed E-state index contributed by atoms with van der Waals surface area (Å²) in [6.07, 6.45) is 6.35. The van der Waals surface area contributed by atoms with Gasteiger partial charge in [0.05, 0.1) is 0 Å². The second-order valence-electron chi connectivity index (χ2n) is 6.27. The van der Waals surface area contributed by atoms with Gasteiger partial charge < -0.3 is 10.6 Å². The fourth-order valence-corrected chi connectivity index (χ4v) is 3.89. The molecule has 1 atom stereocenters. The number of benzene rings is 1. The summed E-state index contributed by atoms with van der Waals surface area (Å²) >= 11 is 1.59. The number of amides is 1. The summed E-state index contributed by atoms with van der Waals surface area (Å²) in [7, 11) is 0. The molecular weight excluding hydrogens is 354 g/mol. The summed E-state index contributed by atoms with van der Waals surface area (Å²) in [5.41, 5.74) is 3.09. The molecule has 0 spiro atoms. The van der Waals surface area contributed by atoms with Gasteiger partial charge in [-0.3, -0.25) is 4.79 Å². The lowest BCUT2D eigenvalue weighted by Crippen LogP contribution is -2.19. The zero-order chi connectivity index (χ0) is 18.1. The van der Waals surface area contributed by atoms with Gasteiger partial charge in [0.15, 0.2) is 0 Å². The molecule has 2 aliphatic rings. The molecule has 2 aromatic rings. The average molecular weight is 370 g/mol. The van der Waals surface area contributed by atoms with Crippen molar-refractivity contribution in [2.24, 2.45) is 5.92 Å². The number of carbonyl (C=O) groups excluding carboxylic acids is 1. The molecule has 0 saturated carbocycles. The maximum absolute atomic E-state index is 13.3. The summed E-state index contributed by atoms with van der Waals surface area (Å²) in [5.74, 6) is -1.28. The number of fused-ring (bicyclic) bond motifs is 1. The Hall–Kier alpha value is -2.73. The Morgan fingerprint density at radius 3 is 2.77 bits per heavy atom. The van der Waals surface area contributed by atoms with Gasteiger partial charge in [-0.1, -0.05) is 6.07 Å². The number of rotatable bonds is 4. The number of thiophene rings is 1. The van der Waals surface area contributed by atoms with Crippen LogP contribution in [0.5, 0.6) is 0 Å². The SMILES string of the molecule is O=C1NC2=CC=C(NCc3cc(F)cc(F)c3)CC2/C1=C/c1cccs1. The Labute approximate surface area is 153 Å². The van der Waals surface area contributed by atoms with Crippen LogP contribution in [0.2, 0.25) is 0 Å². The Morgan fingerprint density at radius 2 is 2.04 bits per heavy atom. The third-order valence-corrected chi connectivity index (χ3v) is 5.26. The fourth-order valence-electron chi connectivity index (χ4n) is 3.22. The predicted octanol–water partition coefficient (Wildman–Crippen LogP) is 4.12. The first-order chi connectivity index (χ1) is 12.6. The maximum atomic E-state index is 13.3. The van der Waals surface area contributed by atoms with Crippen LogP contribution in [0.1, 0.15) is 16.9 Å². The molecule has 6 heteroatoms. The van der Waals surface area contributed by atoms with E-state index in [4.69, 9.17) is 0 Å². The first-order valence-corrected chi connectivity index (χ1v) is 9.12. The standard InChI is InChI=1S/C20H16F2N2OS/c21-13-6-12(7-14(22)8-13)11-23-15-3-4-19-17(9-15)18(20(25)24-19)10-16-2-1-5-26-16/h1-8,10,17,23H,9,11H2,(H,24,25)/b18-10-. The number of hydrogen-bond acceptors (Lipinski definition) is 3. The third kappa shape index (κ3) is 3.46. The van der Waals surface area contributed by atoms with Crippen molar-refractivity contribution in [3.63, 3.8) is 0 Å². The molecule has 1 unspecified atom stereocenters. The van der Waals surface area contributed by atoms with Crippen LogP contribution < -0.4 is 10.6 Å². The van der Waals surface area contributed by atoms with Gasteiger partial charge in [0.1, 0.15) is 11.6 Å². The van der Waals surface area contributed by atoms with E-state index >= 15 is 0 Å². The molecular formula is C20H16F2N2OS. The molecule has 1 amide bonds. The molecule has 1 fully saturated rings. The van der Waals surface area contributed by atoms with Crippen molar-refractivity contribution in [2.45, 2.75) is 13.0 Å². The largest absolute Gasteiger partial charge is 0.384 e. The van der Waals surface area contributed by atoms with E-state index in [0.29, 0.717) is 18.5 Å². The molecule has 1 aliphatic carbocycles. The quantitative estimate of drug-likeness (QED) is 0.795. The minimum absolute atomic E-state index is 0.0265. The van der Waals surface area contributed by atoms with E-state index in [2.05, 4.69) is 10.6 Å². The average Bonchev–Trinajstić information content (AvgIpc) is 3.21. The zero-order valence-corrected chi connectivity index (χ0v) is 14.6. The van der Waals surface area contributed by atoms with E-state index in [1.165, 1.54) is 12.1 Å². The van der Waals surface area contributed by atoms with E-state index in [9.17, 15) is 13.6 Å². The molecule has 1 saturated heterocycles. The highest BCUT2D eigenvalue weighted by atomic mass is 32.1. The number of allylic oxidation sites excluding steroid dienone is 4. The van der Waals surface area contributed by atoms with Crippen molar-refractivity contribution in [1.29, 1.82) is 0 Å². The van der Waals surface area contributed by atoms with Crippen molar-refractivity contribution >= 4 is 23.3 Å². The van der Waals surface area contributed by atoms with Gasteiger partial charge >= 0.3 is 0 Å². The molecule has 0 radical (unpaired) electrons. The summed E-state index contributed by atoms with van der Waals surface area (Å²) in [4.78, 5) is 13.3. The first kappa shape index (κ1) is 16.7. The highest BCUT2D eigenvalue weighted by Crippen LogP contribution is 2.35. The van der Waals surface area contributed by atoms with Gasteiger partial charge in [-0.2, -0.15) is 0 Å². The highest BCUT2D eigenvalue weighted by molar-refractivity contribution is 7.10. The van der Waals surface area contributed by atoms with Crippen LogP contribution in [0.4, 0.5) is 8.78 Å². The summed E-state index contributed by atoms with van der Waals surface area (Å²) in [6, 6.07) is 7.40. The normalized spacial score (nSPS) is 20.5. The molecule has 1 aromatic heterocycles. The fraction of sp³-hybridized carbons (Fsp3) is 0.150. The Morgan fingerprint density at radius 1 is 1.23 bits per heavy atom. The lowest BCUT2D eigenvalue weighted by Gasteiger charge is -2.20. The van der Waals surface area contributed by atoms with Crippen molar-refractivity contribution in [2.75, 3.05) is 0 Å². The van der Waals surface area contributed by atoms with E-state index < -0.39 is 11.6 Å². The van der Waals surface area contributed by atoms with Crippen LogP contribution in [-0.2, 0) is 11.3 Å². The number of carbonyl (C=O) groups is 1. The Kier molecular flexibility index (Phi) is 4.42. The molecule has 3 nitrogen and oxygen atoms in total.